The van der Waals surface area contributed by atoms with Crippen molar-refractivity contribution < 1.29 is 33.7 Å². The van der Waals surface area contributed by atoms with E-state index in [2.05, 4.69) is 5.32 Å². The molecule has 4 rings (SSSR count). The molecule has 2 aromatic carbocycles. The number of ketones is 2. The van der Waals surface area contributed by atoms with Crippen LogP contribution in [0.15, 0.2) is 46.6 Å². The maximum Gasteiger partial charge on any atom is 0.231 e. The molecule has 0 saturated carbocycles. The highest BCUT2D eigenvalue weighted by Gasteiger charge is 2.61. The molecule has 3 atom stereocenters. The summed E-state index contributed by atoms with van der Waals surface area (Å²) in [4.78, 5) is 43.9. The molecule has 1 spiro atoms. The zero-order valence-electron chi connectivity index (χ0n) is 24.0. The number of aliphatic hydroxyl groups is 1. The van der Waals surface area contributed by atoms with Gasteiger partial charge in [0.25, 0.3) is 0 Å². The second kappa shape index (κ2) is 12.3. The number of Topliss-reactive ketones (excluding diaryl/α,β-unsaturated/α-hetero) is 2. The van der Waals surface area contributed by atoms with Crippen molar-refractivity contribution in [2.45, 2.75) is 36.2 Å². The Morgan fingerprint density at radius 2 is 1.88 bits per heavy atom. The van der Waals surface area contributed by atoms with Crippen LogP contribution in [0.4, 0.5) is 0 Å². The van der Waals surface area contributed by atoms with E-state index >= 15 is 0 Å². The van der Waals surface area contributed by atoms with Crippen LogP contribution in [0.3, 0.4) is 0 Å². The molecule has 2 aromatic rings. The van der Waals surface area contributed by atoms with Gasteiger partial charge in [-0.3, -0.25) is 14.4 Å². The Morgan fingerprint density at radius 1 is 1.22 bits per heavy atom. The minimum Gasteiger partial charge on any atom is -0.507 e. The third-order valence-corrected chi connectivity index (χ3v) is 8.75. The van der Waals surface area contributed by atoms with Gasteiger partial charge in [0.15, 0.2) is 17.3 Å². The number of carbonyl (C=O) groups excluding carboxylic acids is 3. The number of fused-ring (bicyclic) bond motifs is 1. The number of nitrogens with one attached hydrogen (secondary N) is 1. The van der Waals surface area contributed by atoms with Gasteiger partial charge < -0.3 is 29.5 Å². The number of carbonyl (C=O) groups is 3. The molecule has 3 unspecified atom stereocenters. The van der Waals surface area contributed by atoms with E-state index < -0.39 is 29.0 Å². The molecule has 0 bridgehead atoms. The number of aliphatic hydroxyl groups excluding tert-OH is 1. The quantitative estimate of drug-likeness (QED) is 0.375. The highest BCUT2D eigenvalue weighted by Crippen LogP contribution is 2.55. The largest absolute Gasteiger partial charge is 0.507 e. The van der Waals surface area contributed by atoms with Crippen LogP contribution in [0.5, 0.6) is 17.2 Å². The normalized spacial score (nSPS) is 20.7. The fraction of sp³-hybridized carbons (Fsp3) is 0.433. The van der Waals surface area contributed by atoms with Crippen LogP contribution in [0.2, 0.25) is 5.02 Å². The molecule has 0 aromatic heterocycles. The number of nitrogens with zero attached hydrogens (tertiary/aromatic N) is 1. The zero-order chi connectivity index (χ0) is 30.1. The van der Waals surface area contributed by atoms with Crippen molar-refractivity contribution in [3.63, 3.8) is 0 Å². The number of allylic oxidation sites excluding steroid dienone is 1. The summed E-state index contributed by atoms with van der Waals surface area (Å²) in [6.45, 7) is 2.72. The number of rotatable bonds is 10. The summed E-state index contributed by atoms with van der Waals surface area (Å²) in [6, 6.07) is 8.93. The second-order valence-corrected chi connectivity index (χ2v) is 11.7. The van der Waals surface area contributed by atoms with E-state index in [1.54, 1.807) is 18.7 Å². The maximum absolute atomic E-state index is 14.2. The Labute approximate surface area is 249 Å². The van der Waals surface area contributed by atoms with E-state index in [1.165, 1.54) is 20.3 Å². The first-order valence-electron chi connectivity index (χ1n) is 13.2. The zero-order valence-corrected chi connectivity index (χ0v) is 25.6. The predicted octanol–water partition coefficient (Wildman–Crippen LogP) is 4.67. The number of hydrogen-bond acceptors (Lipinski definition) is 9. The van der Waals surface area contributed by atoms with Crippen molar-refractivity contribution in [2.75, 3.05) is 47.7 Å². The summed E-state index contributed by atoms with van der Waals surface area (Å²) in [6.07, 6.45) is 1.75. The number of likely N-dealkylation sites (N-methyl/N-ethyl adjacent to an activating group) is 1. The predicted molar refractivity (Wildman–Crippen MR) is 158 cm³/mol. The standard InChI is InChI=1S/C30H35ClN2O7S/c1-16-13-20(34)24(19(14-23(35)32-11-12-33(2)3)17-7-9-18(41-6)10-8-17)28(36)30(16)29(37)25-21(38-4)15-22(39-5)26(31)27(25)40-30/h7-10,15-16,19,36H,11-14H2,1-6H3,(H,32,35). The number of amides is 1. The highest BCUT2D eigenvalue weighted by molar-refractivity contribution is 7.98. The van der Waals surface area contributed by atoms with Gasteiger partial charge in [0.05, 0.1) is 14.2 Å². The molecular weight excluding hydrogens is 568 g/mol. The van der Waals surface area contributed by atoms with E-state index in [0.717, 1.165) is 4.90 Å². The van der Waals surface area contributed by atoms with E-state index in [1.807, 2.05) is 49.5 Å². The lowest BCUT2D eigenvalue weighted by Crippen LogP contribution is -2.53. The topological polar surface area (TPSA) is 114 Å². The Kier molecular flexibility index (Phi) is 9.25. The van der Waals surface area contributed by atoms with Crippen molar-refractivity contribution >= 4 is 40.8 Å². The number of halogens is 1. The lowest BCUT2D eigenvalue weighted by molar-refractivity contribution is -0.121. The molecule has 1 amide bonds. The first-order chi connectivity index (χ1) is 19.5. The molecule has 9 nitrogen and oxygen atoms in total. The van der Waals surface area contributed by atoms with Gasteiger partial charge in [0.1, 0.15) is 22.1 Å². The lowest BCUT2D eigenvalue weighted by atomic mass is 9.69. The molecular formula is C30H35ClN2O7S. The molecule has 1 heterocycles. The summed E-state index contributed by atoms with van der Waals surface area (Å²) in [7, 11) is 6.63. The Morgan fingerprint density at radius 3 is 2.46 bits per heavy atom. The average Bonchev–Trinajstić information content (AvgIpc) is 3.26. The van der Waals surface area contributed by atoms with Crippen LogP contribution in [0.1, 0.15) is 41.6 Å². The number of thioether (sulfide) groups is 1. The average molecular weight is 603 g/mol. The van der Waals surface area contributed by atoms with Crippen LogP contribution in [-0.2, 0) is 9.59 Å². The van der Waals surface area contributed by atoms with Gasteiger partial charge in [-0.1, -0.05) is 30.7 Å². The second-order valence-electron chi connectivity index (χ2n) is 10.4. The third kappa shape index (κ3) is 5.52. The Hall–Kier alpha value is -3.21. The summed E-state index contributed by atoms with van der Waals surface area (Å²) in [5.74, 6) is -2.88. The van der Waals surface area contributed by atoms with Gasteiger partial charge in [-0.25, -0.2) is 0 Å². The fourth-order valence-electron chi connectivity index (χ4n) is 5.44. The lowest BCUT2D eigenvalue weighted by Gasteiger charge is -2.38. The van der Waals surface area contributed by atoms with Crippen molar-refractivity contribution in [2.24, 2.45) is 5.92 Å². The smallest absolute Gasteiger partial charge is 0.231 e. The number of benzene rings is 2. The monoisotopic (exact) mass is 602 g/mol. The van der Waals surface area contributed by atoms with Crippen molar-refractivity contribution in [3.8, 4) is 17.2 Å². The highest BCUT2D eigenvalue weighted by atomic mass is 35.5. The van der Waals surface area contributed by atoms with Gasteiger partial charge in [-0.2, -0.15) is 0 Å². The van der Waals surface area contributed by atoms with Gasteiger partial charge in [-0.05, 0) is 38.0 Å². The number of hydrogen-bond donors (Lipinski definition) is 2. The molecule has 220 valence electrons. The van der Waals surface area contributed by atoms with Gasteiger partial charge in [-0.15, -0.1) is 11.8 Å². The molecule has 11 heteroatoms. The van der Waals surface area contributed by atoms with Crippen LogP contribution in [0, 0.1) is 5.92 Å². The molecule has 0 radical (unpaired) electrons. The molecule has 0 fully saturated rings. The Bertz CT molecular complexity index is 1390. The van der Waals surface area contributed by atoms with Crippen molar-refractivity contribution in [1.82, 2.24) is 10.2 Å². The third-order valence-electron chi connectivity index (χ3n) is 7.65. The first kappa shape index (κ1) is 30.7. The summed E-state index contributed by atoms with van der Waals surface area (Å²) < 4.78 is 17.1. The number of methoxy groups -OCH3 is 2. The molecule has 41 heavy (non-hydrogen) atoms. The molecule has 1 aliphatic heterocycles. The van der Waals surface area contributed by atoms with Crippen LogP contribution in [0.25, 0.3) is 0 Å². The van der Waals surface area contributed by atoms with Gasteiger partial charge in [0.2, 0.25) is 17.3 Å². The molecule has 2 N–H and O–H groups in total. The van der Waals surface area contributed by atoms with Crippen LogP contribution < -0.4 is 19.5 Å². The van der Waals surface area contributed by atoms with Crippen LogP contribution in [-0.4, -0.2) is 80.7 Å². The van der Waals surface area contributed by atoms with E-state index in [-0.39, 0.29) is 57.9 Å². The SMILES string of the molecule is COc1cc(OC)c2c(c1Cl)OC1(C2=O)C(O)=C(C(CC(=O)NCCN(C)C)c2ccc(SC)cc2)C(=O)CC1C. The summed E-state index contributed by atoms with van der Waals surface area (Å²) in [5.41, 5.74) is -1.22. The Balaban J connectivity index is 1.85. The van der Waals surface area contributed by atoms with E-state index in [0.29, 0.717) is 18.7 Å². The maximum atomic E-state index is 14.2. The summed E-state index contributed by atoms with van der Waals surface area (Å²) >= 11 is 8.12. The summed E-state index contributed by atoms with van der Waals surface area (Å²) in [5, 5.41) is 14.9. The van der Waals surface area contributed by atoms with Crippen molar-refractivity contribution in [3.05, 3.63) is 57.8 Å². The minimum atomic E-state index is -1.92. The first-order valence-corrected chi connectivity index (χ1v) is 14.8. The van der Waals surface area contributed by atoms with E-state index in [4.69, 9.17) is 25.8 Å². The minimum absolute atomic E-state index is 0.0160. The van der Waals surface area contributed by atoms with Crippen LogP contribution >= 0.6 is 23.4 Å². The molecule has 2 aliphatic rings. The van der Waals surface area contributed by atoms with E-state index in [9.17, 15) is 19.5 Å². The number of ether oxygens (including phenoxy) is 3. The molecule has 1 aliphatic carbocycles. The fourth-order valence-corrected chi connectivity index (χ4v) is 6.11. The molecule has 0 saturated heterocycles. The van der Waals surface area contributed by atoms with Gasteiger partial charge in [0, 0.05) is 54.3 Å². The van der Waals surface area contributed by atoms with Gasteiger partial charge >= 0.3 is 0 Å². The van der Waals surface area contributed by atoms with Crippen molar-refractivity contribution in [1.29, 1.82) is 0 Å².